The summed E-state index contributed by atoms with van der Waals surface area (Å²) in [6.45, 7) is 6.23. The number of nitrogens with one attached hydrogen (secondary N) is 2. The van der Waals surface area contributed by atoms with E-state index in [1.54, 1.807) is 11.8 Å². The van der Waals surface area contributed by atoms with Gasteiger partial charge in [0.05, 0.1) is 15.3 Å². The Kier molecular flexibility index (Phi) is 13.0. The fourth-order valence-corrected chi connectivity index (χ4v) is 9.17. The smallest absolute Gasteiger partial charge is 0.293 e. The van der Waals surface area contributed by atoms with Crippen LogP contribution in [0.3, 0.4) is 0 Å². The molecule has 58 heavy (non-hydrogen) atoms. The quantitative estimate of drug-likeness (QED) is 0.0280. The van der Waals surface area contributed by atoms with E-state index in [1.165, 1.54) is 24.0 Å². The number of unbranched alkanes of at least 4 members (excludes halogenated alkanes) is 1. The molecule has 6 aromatic rings. The van der Waals surface area contributed by atoms with Gasteiger partial charge in [0.1, 0.15) is 12.0 Å². The molecule has 1 saturated heterocycles. The van der Waals surface area contributed by atoms with E-state index in [-0.39, 0.29) is 28.1 Å². The first-order valence-electron chi connectivity index (χ1n) is 19.1. The highest BCUT2D eigenvalue weighted by molar-refractivity contribution is 7.99. The monoisotopic (exact) mass is 836 g/mol. The number of thioether (sulfide) groups is 1. The molecule has 1 aromatic heterocycles. The van der Waals surface area contributed by atoms with Crippen LogP contribution in [-0.2, 0) is 16.6 Å². The first-order valence-corrected chi connectivity index (χ1v) is 22.0. The molecule has 0 amide bonds. The molecule has 15 heteroatoms. The van der Waals surface area contributed by atoms with Crippen molar-refractivity contribution >= 4 is 72.9 Å². The lowest BCUT2D eigenvalue weighted by molar-refractivity contribution is -0.384. The lowest BCUT2D eigenvalue weighted by Crippen LogP contribution is -2.45. The van der Waals surface area contributed by atoms with Gasteiger partial charge in [-0.05, 0) is 96.8 Å². The number of anilines is 4. The predicted octanol–water partition coefficient (Wildman–Crippen LogP) is 9.33. The molecule has 12 nitrogen and oxygen atoms in total. The van der Waals surface area contributed by atoms with Crippen molar-refractivity contribution in [3.63, 3.8) is 0 Å². The first-order chi connectivity index (χ1) is 28.0. The summed E-state index contributed by atoms with van der Waals surface area (Å²) in [6.07, 6.45) is 3.96. The van der Waals surface area contributed by atoms with Crippen molar-refractivity contribution in [3.05, 3.63) is 136 Å². The highest BCUT2D eigenvalue weighted by Gasteiger charge is 2.24. The van der Waals surface area contributed by atoms with E-state index >= 15 is 0 Å². The summed E-state index contributed by atoms with van der Waals surface area (Å²) in [5, 5.41) is 16.6. The van der Waals surface area contributed by atoms with Crippen molar-refractivity contribution < 1.29 is 13.3 Å². The van der Waals surface area contributed by atoms with E-state index in [0.717, 1.165) is 96.2 Å². The van der Waals surface area contributed by atoms with Gasteiger partial charge in [-0.25, -0.2) is 18.4 Å². The Morgan fingerprint density at radius 3 is 2.34 bits per heavy atom. The number of halogens is 1. The van der Waals surface area contributed by atoms with Crippen molar-refractivity contribution in [2.45, 2.75) is 48.6 Å². The van der Waals surface area contributed by atoms with Crippen molar-refractivity contribution in [1.82, 2.24) is 14.9 Å². The van der Waals surface area contributed by atoms with Crippen LogP contribution in [-0.4, -0.2) is 66.2 Å². The number of nitrogen functional groups attached to an aromatic ring is 1. The number of piperazine rings is 1. The maximum atomic E-state index is 13.6. The molecule has 0 unspecified atom stereocenters. The third-order valence-corrected chi connectivity index (χ3v) is 13.0. The van der Waals surface area contributed by atoms with Gasteiger partial charge in [-0.1, -0.05) is 66.6 Å². The Balaban J connectivity index is 0.938. The molecule has 0 bridgehead atoms. The van der Waals surface area contributed by atoms with Crippen LogP contribution in [0.1, 0.15) is 31.7 Å². The second-order valence-corrected chi connectivity index (χ2v) is 17.6. The maximum absolute atomic E-state index is 13.6. The predicted molar refractivity (Wildman–Crippen MR) is 236 cm³/mol. The Morgan fingerprint density at radius 1 is 0.897 bits per heavy atom. The lowest BCUT2D eigenvalue weighted by Gasteiger charge is -2.36. The largest absolute Gasteiger partial charge is 0.398 e. The molecule has 7 rings (SSSR count). The molecule has 4 N–H and O–H groups in total. The summed E-state index contributed by atoms with van der Waals surface area (Å²) in [7, 11) is -4.24. The number of nitrogens with zero attached hydrogens (tertiary/aromatic N) is 5. The van der Waals surface area contributed by atoms with Crippen molar-refractivity contribution in [2.24, 2.45) is 0 Å². The molecule has 0 spiro atoms. The topological polar surface area (TPSA) is 160 Å². The van der Waals surface area contributed by atoms with Gasteiger partial charge in [0.2, 0.25) is 0 Å². The molecule has 0 aliphatic carbocycles. The van der Waals surface area contributed by atoms with Crippen LogP contribution in [0.25, 0.3) is 22.0 Å². The molecule has 0 radical (unpaired) electrons. The minimum absolute atomic E-state index is 0.0721. The van der Waals surface area contributed by atoms with Gasteiger partial charge < -0.3 is 16.0 Å². The molecule has 2 heterocycles. The number of para-hydroxylation sites is 1. The van der Waals surface area contributed by atoms with Crippen LogP contribution in [0.4, 0.5) is 28.6 Å². The van der Waals surface area contributed by atoms with Gasteiger partial charge in [0.15, 0.2) is 5.82 Å². The summed E-state index contributed by atoms with van der Waals surface area (Å²) in [5.41, 5.74) is 11.8. The third kappa shape index (κ3) is 10.2. The van der Waals surface area contributed by atoms with Crippen molar-refractivity contribution in [3.8, 4) is 11.1 Å². The average molecular weight is 837 g/mol. The Hall–Kier alpha value is -5.41. The summed E-state index contributed by atoms with van der Waals surface area (Å²) in [4.78, 5) is 25.7. The van der Waals surface area contributed by atoms with Crippen LogP contribution in [0.2, 0.25) is 5.02 Å². The second kappa shape index (κ2) is 18.5. The molecule has 1 fully saturated rings. The number of rotatable bonds is 16. The Morgan fingerprint density at radius 2 is 1.62 bits per heavy atom. The number of sulfonamides is 1. The van der Waals surface area contributed by atoms with Crippen LogP contribution in [0.15, 0.2) is 125 Å². The SMILES string of the molecule is C[C@H](CCCCSc1ccccc1N)Nc1ccc(S(=O)(=O)Nc2ncnc3cc(N4CCN(Cc5ccc(-c6ccc(Cl)cc6)cc5)CC4)ccc23)cc1[N+](=O)[O-]. The number of nitro groups is 1. The normalized spacial score (nSPS) is 14.0. The Bertz CT molecular complexity index is 2480. The van der Waals surface area contributed by atoms with Gasteiger partial charge in [-0.15, -0.1) is 11.8 Å². The van der Waals surface area contributed by atoms with Gasteiger partial charge in [0, 0.05) is 71.5 Å². The number of aromatic nitrogens is 2. The fourth-order valence-electron chi connectivity index (χ4n) is 7.01. The zero-order valence-corrected chi connectivity index (χ0v) is 34.4. The van der Waals surface area contributed by atoms with Gasteiger partial charge in [-0.3, -0.25) is 19.7 Å². The van der Waals surface area contributed by atoms with E-state index in [4.69, 9.17) is 17.3 Å². The molecule has 300 valence electrons. The number of hydrogen-bond donors (Lipinski definition) is 3. The minimum Gasteiger partial charge on any atom is -0.398 e. The number of hydrogen-bond acceptors (Lipinski definition) is 11. The van der Waals surface area contributed by atoms with Crippen LogP contribution in [0, 0.1) is 10.1 Å². The summed E-state index contributed by atoms with van der Waals surface area (Å²) in [6, 6.07) is 33.8. The molecule has 1 atom stereocenters. The van der Waals surface area contributed by atoms with E-state index in [0.29, 0.717) is 10.9 Å². The van der Waals surface area contributed by atoms with E-state index in [1.807, 2.05) is 73.7 Å². The zero-order chi connectivity index (χ0) is 40.6. The third-order valence-electron chi connectivity index (χ3n) is 10.2. The van der Waals surface area contributed by atoms with Crippen molar-refractivity contribution in [1.29, 1.82) is 0 Å². The van der Waals surface area contributed by atoms with Gasteiger partial charge in [-0.2, -0.15) is 0 Å². The number of fused-ring (bicyclic) bond motifs is 1. The molecular formula is C43H45ClN8O4S2. The highest BCUT2D eigenvalue weighted by atomic mass is 35.5. The second-order valence-electron chi connectivity index (χ2n) is 14.4. The highest BCUT2D eigenvalue weighted by Crippen LogP contribution is 2.32. The summed E-state index contributed by atoms with van der Waals surface area (Å²) in [5.74, 6) is 1.00. The van der Waals surface area contributed by atoms with Crippen LogP contribution >= 0.6 is 23.4 Å². The van der Waals surface area contributed by atoms with E-state index < -0.39 is 14.9 Å². The lowest BCUT2D eigenvalue weighted by atomic mass is 10.0. The maximum Gasteiger partial charge on any atom is 0.293 e. The molecule has 1 aliphatic rings. The zero-order valence-electron chi connectivity index (χ0n) is 32.1. The van der Waals surface area contributed by atoms with Gasteiger partial charge >= 0.3 is 0 Å². The molecule has 1 aliphatic heterocycles. The average Bonchev–Trinajstić information content (AvgIpc) is 3.22. The van der Waals surface area contributed by atoms with E-state index in [2.05, 4.69) is 54.1 Å². The minimum atomic E-state index is -4.24. The fraction of sp³-hybridized carbons (Fsp3) is 0.256. The van der Waals surface area contributed by atoms with Crippen LogP contribution in [0.5, 0.6) is 0 Å². The summed E-state index contributed by atoms with van der Waals surface area (Å²) < 4.78 is 29.8. The Labute approximate surface area is 348 Å². The first kappa shape index (κ1) is 40.8. The molecule has 0 saturated carbocycles. The van der Waals surface area contributed by atoms with Crippen molar-refractivity contribution in [2.75, 3.05) is 52.6 Å². The number of nitro benzene ring substituents is 1. The standard InChI is InChI=1S/C43H45ClN8O4S2/c1-30(6-4-5-25-57-42-8-3-2-7-38(42)45)48-39-20-18-36(27-41(39)52(53)54)58(55,56)49-43-37-19-17-35(26-40(37)46-29-47-43)51-23-21-50(22-24-51)28-31-9-11-32(12-10-31)33-13-15-34(44)16-14-33/h2-3,7-20,26-27,29-30,48H,4-6,21-25,28,45H2,1H3,(H,46,47,49)/t30-/m1/s1. The summed E-state index contributed by atoms with van der Waals surface area (Å²) >= 11 is 7.76. The number of nitrogens with two attached hydrogens (primary N) is 1. The van der Waals surface area contributed by atoms with Gasteiger partial charge in [0.25, 0.3) is 15.7 Å². The van der Waals surface area contributed by atoms with E-state index in [9.17, 15) is 18.5 Å². The molecule has 5 aromatic carbocycles. The molecular weight excluding hydrogens is 792 g/mol. The van der Waals surface area contributed by atoms with Crippen LogP contribution < -0.4 is 20.7 Å². The number of benzene rings is 5.